The first kappa shape index (κ1) is 19.0. The Morgan fingerprint density at radius 1 is 1.07 bits per heavy atom. The van der Waals surface area contributed by atoms with Crippen molar-refractivity contribution in [2.45, 2.75) is 11.3 Å². The van der Waals surface area contributed by atoms with Crippen molar-refractivity contribution in [1.82, 2.24) is 10.3 Å². The van der Waals surface area contributed by atoms with Gasteiger partial charge < -0.3 is 5.32 Å². The van der Waals surface area contributed by atoms with Crippen LogP contribution in [0.4, 0.5) is 9.93 Å². The number of rotatable bonds is 6. The summed E-state index contributed by atoms with van der Waals surface area (Å²) in [6.07, 6.45) is 0.561. The van der Waals surface area contributed by atoms with Crippen LogP contribution in [0, 0.1) is 0 Å². The van der Waals surface area contributed by atoms with Crippen molar-refractivity contribution in [3.63, 3.8) is 0 Å². The molecule has 27 heavy (non-hydrogen) atoms. The molecule has 0 saturated carbocycles. The highest BCUT2D eigenvalue weighted by Crippen LogP contribution is 2.24. The molecule has 3 aromatic rings. The number of sulfonamides is 1. The van der Waals surface area contributed by atoms with E-state index in [1.807, 2.05) is 35.7 Å². The second-order valence-corrected chi connectivity index (χ2v) is 8.14. The van der Waals surface area contributed by atoms with Crippen molar-refractivity contribution >= 4 is 32.5 Å². The second kappa shape index (κ2) is 8.30. The third-order valence-electron chi connectivity index (χ3n) is 3.75. The van der Waals surface area contributed by atoms with Crippen LogP contribution in [0.25, 0.3) is 11.3 Å². The molecule has 1 aromatic heterocycles. The van der Waals surface area contributed by atoms with Crippen LogP contribution >= 0.6 is 11.3 Å². The van der Waals surface area contributed by atoms with Gasteiger partial charge >= 0.3 is 6.03 Å². The third kappa shape index (κ3) is 5.36. The lowest BCUT2D eigenvalue weighted by Crippen LogP contribution is -2.30. The number of nitrogens with two attached hydrogens (primary N) is 1. The third-order valence-corrected chi connectivity index (χ3v) is 5.43. The average molecular weight is 403 g/mol. The largest absolute Gasteiger partial charge is 0.337 e. The quantitative estimate of drug-likeness (QED) is 0.588. The molecular weight excluding hydrogens is 384 g/mol. The first-order chi connectivity index (χ1) is 12.9. The van der Waals surface area contributed by atoms with Crippen LogP contribution in [0.2, 0.25) is 0 Å². The Hall–Kier alpha value is -2.75. The molecule has 0 saturated heterocycles. The zero-order valence-electron chi connectivity index (χ0n) is 14.3. The first-order valence-electron chi connectivity index (χ1n) is 8.09. The Balaban J connectivity index is 1.48. The van der Waals surface area contributed by atoms with Gasteiger partial charge in [0.2, 0.25) is 10.0 Å². The summed E-state index contributed by atoms with van der Waals surface area (Å²) in [5, 5.41) is 12.9. The summed E-state index contributed by atoms with van der Waals surface area (Å²) in [5.41, 5.74) is 2.69. The minimum atomic E-state index is -3.69. The van der Waals surface area contributed by atoms with E-state index in [1.165, 1.54) is 23.5 Å². The summed E-state index contributed by atoms with van der Waals surface area (Å²) in [6.45, 7) is 0.400. The summed E-state index contributed by atoms with van der Waals surface area (Å²) in [4.78, 5) is 16.4. The van der Waals surface area contributed by atoms with Crippen LogP contribution < -0.4 is 15.8 Å². The monoisotopic (exact) mass is 402 g/mol. The minimum Gasteiger partial charge on any atom is -0.337 e. The molecule has 1 heterocycles. The van der Waals surface area contributed by atoms with Gasteiger partial charge in [0, 0.05) is 17.5 Å². The number of primary sulfonamides is 1. The van der Waals surface area contributed by atoms with Gasteiger partial charge in [0.15, 0.2) is 5.13 Å². The standard InChI is InChI=1S/C18H18N4O3S2/c19-27(24,25)15-8-6-13(7-9-15)10-11-20-17(23)22-18-21-16(12-26-18)14-4-2-1-3-5-14/h1-9,12H,10-11H2,(H2,19,24,25)(H2,20,21,22,23). The van der Waals surface area contributed by atoms with Gasteiger partial charge in [0.25, 0.3) is 0 Å². The van der Waals surface area contributed by atoms with Gasteiger partial charge in [-0.1, -0.05) is 42.5 Å². The lowest BCUT2D eigenvalue weighted by molar-refractivity contribution is 0.252. The van der Waals surface area contributed by atoms with E-state index in [9.17, 15) is 13.2 Å². The van der Waals surface area contributed by atoms with Gasteiger partial charge in [-0.2, -0.15) is 0 Å². The first-order valence-corrected chi connectivity index (χ1v) is 10.5. The fourth-order valence-corrected chi connectivity index (χ4v) is 3.61. The fraction of sp³-hybridized carbons (Fsp3) is 0.111. The molecule has 140 valence electrons. The van der Waals surface area contributed by atoms with Crippen molar-refractivity contribution in [3.05, 3.63) is 65.5 Å². The molecule has 0 fully saturated rings. The average Bonchev–Trinajstić information content (AvgIpc) is 3.10. The Morgan fingerprint density at radius 2 is 1.78 bits per heavy atom. The molecule has 0 radical (unpaired) electrons. The molecule has 0 spiro atoms. The number of nitrogens with one attached hydrogen (secondary N) is 2. The Labute approximate surface area is 161 Å². The number of thiazole rings is 1. The summed E-state index contributed by atoms with van der Waals surface area (Å²) < 4.78 is 22.4. The molecule has 9 heteroatoms. The van der Waals surface area contributed by atoms with Gasteiger partial charge in [0.1, 0.15) is 0 Å². The lowest BCUT2D eigenvalue weighted by Gasteiger charge is -2.06. The van der Waals surface area contributed by atoms with E-state index in [-0.39, 0.29) is 10.9 Å². The molecule has 0 aliphatic carbocycles. The molecule has 3 rings (SSSR count). The highest BCUT2D eigenvalue weighted by Gasteiger charge is 2.09. The predicted molar refractivity (Wildman–Crippen MR) is 106 cm³/mol. The van der Waals surface area contributed by atoms with Crippen molar-refractivity contribution in [3.8, 4) is 11.3 Å². The zero-order chi connectivity index (χ0) is 19.3. The predicted octanol–water partition coefficient (Wildman–Crippen LogP) is 2.82. The maximum Gasteiger partial charge on any atom is 0.321 e. The molecule has 0 unspecified atom stereocenters. The van der Waals surface area contributed by atoms with Crippen LogP contribution in [0.5, 0.6) is 0 Å². The van der Waals surface area contributed by atoms with Crippen LogP contribution in [-0.2, 0) is 16.4 Å². The van der Waals surface area contributed by atoms with Gasteiger partial charge in [-0.3, -0.25) is 5.32 Å². The molecule has 4 N–H and O–H groups in total. The van der Waals surface area contributed by atoms with Gasteiger partial charge in [-0.15, -0.1) is 11.3 Å². The molecule has 2 aromatic carbocycles. The van der Waals surface area contributed by atoms with E-state index in [0.29, 0.717) is 18.1 Å². The van der Waals surface area contributed by atoms with E-state index in [0.717, 1.165) is 16.8 Å². The number of nitrogens with zero attached hydrogens (tertiary/aromatic N) is 1. The van der Waals surface area contributed by atoms with Crippen LogP contribution in [0.1, 0.15) is 5.56 Å². The lowest BCUT2D eigenvalue weighted by atomic mass is 10.1. The van der Waals surface area contributed by atoms with Crippen LogP contribution in [0.3, 0.4) is 0 Å². The number of amides is 2. The Bertz CT molecular complexity index is 1020. The summed E-state index contributed by atoms with van der Waals surface area (Å²) in [5.74, 6) is 0. The van der Waals surface area contributed by atoms with E-state index in [2.05, 4.69) is 15.6 Å². The summed E-state index contributed by atoms with van der Waals surface area (Å²) in [6, 6.07) is 15.6. The molecular formula is C18H18N4O3S2. The number of urea groups is 1. The highest BCUT2D eigenvalue weighted by atomic mass is 32.2. The molecule has 0 aliphatic heterocycles. The van der Waals surface area contributed by atoms with Crippen LogP contribution in [-0.4, -0.2) is 26.0 Å². The Kier molecular flexibility index (Phi) is 5.84. The number of carbonyl (C=O) groups excluding carboxylic acids is 1. The zero-order valence-corrected chi connectivity index (χ0v) is 15.9. The van der Waals surface area contributed by atoms with Gasteiger partial charge in [-0.25, -0.2) is 23.3 Å². The summed E-state index contributed by atoms with van der Waals surface area (Å²) in [7, 11) is -3.69. The fourth-order valence-electron chi connectivity index (χ4n) is 2.38. The van der Waals surface area contributed by atoms with E-state index < -0.39 is 10.0 Å². The normalized spacial score (nSPS) is 11.1. The van der Waals surface area contributed by atoms with Crippen molar-refractivity contribution in [1.29, 1.82) is 0 Å². The molecule has 0 bridgehead atoms. The summed E-state index contributed by atoms with van der Waals surface area (Å²) >= 11 is 1.35. The van der Waals surface area contributed by atoms with Crippen molar-refractivity contribution < 1.29 is 13.2 Å². The molecule has 0 aliphatic rings. The smallest absolute Gasteiger partial charge is 0.321 e. The maximum absolute atomic E-state index is 12.0. The number of carbonyl (C=O) groups is 1. The number of anilines is 1. The van der Waals surface area contributed by atoms with Gasteiger partial charge in [0.05, 0.1) is 10.6 Å². The molecule has 2 amide bonds. The number of benzene rings is 2. The number of hydrogen-bond donors (Lipinski definition) is 3. The van der Waals surface area contributed by atoms with Gasteiger partial charge in [-0.05, 0) is 24.1 Å². The highest BCUT2D eigenvalue weighted by molar-refractivity contribution is 7.89. The van der Waals surface area contributed by atoms with E-state index in [4.69, 9.17) is 5.14 Å². The van der Waals surface area contributed by atoms with E-state index >= 15 is 0 Å². The minimum absolute atomic E-state index is 0.0648. The topological polar surface area (TPSA) is 114 Å². The van der Waals surface area contributed by atoms with Crippen molar-refractivity contribution in [2.24, 2.45) is 5.14 Å². The molecule has 7 nitrogen and oxygen atoms in total. The van der Waals surface area contributed by atoms with E-state index in [1.54, 1.807) is 12.1 Å². The number of hydrogen-bond acceptors (Lipinski definition) is 5. The SMILES string of the molecule is NS(=O)(=O)c1ccc(CCNC(=O)Nc2nc(-c3ccccc3)cs2)cc1. The number of aromatic nitrogens is 1. The maximum atomic E-state index is 12.0. The Morgan fingerprint density at radius 3 is 2.44 bits per heavy atom. The molecule has 0 atom stereocenters. The van der Waals surface area contributed by atoms with Crippen molar-refractivity contribution in [2.75, 3.05) is 11.9 Å². The second-order valence-electron chi connectivity index (χ2n) is 5.72. The van der Waals surface area contributed by atoms with Crippen LogP contribution in [0.15, 0.2) is 64.9 Å².